The van der Waals surface area contributed by atoms with E-state index in [1.54, 1.807) is 6.07 Å². The molecule has 3 aliphatic rings. The summed E-state index contributed by atoms with van der Waals surface area (Å²) in [7, 11) is 1.28. The van der Waals surface area contributed by atoms with Crippen LogP contribution in [0.1, 0.15) is 48.9 Å². The first-order valence-corrected chi connectivity index (χ1v) is 12.8. The number of esters is 2. The Hall–Kier alpha value is -3.41. The summed E-state index contributed by atoms with van der Waals surface area (Å²) in [4.78, 5) is 29.8. The number of hydrogen-bond acceptors (Lipinski definition) is 8. The van der Waals surface area contributed by atoms with Gasteiger partial charge >= 0.3 is 11.9 Å². The molecule has 0 saturated carbocycles. The second-order valence-electron chi connectivity index (χ2n) is 9.51. The van der Waals surface area contributed by atoms with Gasteiger partial charge in [-0.1, -0.05) is 36.3 Å². The highest BCUT2D eigenvalue weighted by molar-refractivity contribution is 5.77. The molecule has 8 nitrogen and oxygen atoms in total. The van der Waals surface area contributed by atoms with E-state index in [0.717, 1.165) is 42.8 Å². The van der Waals surface area contributed by atoms with Gasteiger partial charge in [0.15, 0.2) is 0 Å². The lowest BCUT2D eigenvalue weighted by Gasteiger charge is -2.54. The Morgan fingerprint density at radius 2 is 1.84 bits per heavy atom. The Labute approximate surface area is 217 Å². The van der Waals surface area contributed by atoms with Crippen molar-refractivity contribution in [3.63, 3.8) is 0 Å². The molecule has 3 aliphatic heterocycles. The zero-order valence-corrected chi connectivity index (χ0v) is 21.2. The smallest absolute Gasteiger partial charge is 0.306 e. The van der Waals surface area contributed by atoms with E-state index in [1.165, 1.54) is 7.11 Å². The molecule has 3 saturated heterocycles. The zero-order valence-electron chi connectivity index (χ0n) is 21.2. The van der Waals surface area contributed by atoms with Crippen LogP contribution in [-0.4, -0.2) is 66.4 Å². The Kier molecular flexibility index (Phi) is 8.80. The molecule has 2 bridgehead atoms. The summed E-state index contributed by atoms with van der Waals surface area (Å²) in [6, 6.07) is 13.3. The number of hydrogen-bond donors (Lipinski definition) is 1. The van der Waals surface area contributed by atoms with Crippen LogP contribution in [0.4, 0.5) is 0 Å². The van der Waals surface area contributed by atoms with Gasteiger partial charge in [0.1, 0.15) is 11.6 Å². The van der Waals surface area contributed by atoms with Gasteiger partial charge in [-0.15, -0.1) is 6.42 Å². The number of benzene rings is 1. The van der Waals surface area contributed by atoms with E-state index in [2.05, 4.69) is 15.6 Å². The fourth-order valence-electron chi connectivity index (χ4n) is 5.35. The average Bonchev–Trinajstić information content (AvgIpc) is 2.92. The molecule has 2 aromatic rings. The molecule has 2 atom stereocenters. The number of carbonyl (C=O) groups excluding carboxylic acids is 2. The van der Waals surface area contributed by atoms with Crippen molar-refractivity contribution in [1.29, 1.82) is 0 Å². The van der Waals surface area contributed by atoms with Crippen LogP contribution in [0.5, 0.6) is 5.88 Å². The van der Waals surface area contributed by atoms with Crippen molar-refractivity contribution in [1.82, 2.24) is 9.88 Å². The van der Waals surface area contributed by atoms with Gasteiger partial charge in [0, 0.05) is 24.5 Å². The molecule has 37 heavy (non-hydrogen) atoms. The van der Waals surface area contributed by atoms with Crippen LogP contribution >= 0.6 is 0 Å². The third kappa shape index (κ3) is 6.12. The first-order valence-electron chi connectivity index (χ1n) is 12.8. The Balaban J connectivity index is 1.45. The molecule has 196 valence electrons. The Morgan fingerprint density at radius 1 is 1.11 bits per heavy atom. The van der Waals surface area contributed by atoms with Gasteiger partial charge < -0.3 is 19.3 Å². The lowest BCUT2D eigenvalue weighted by molar-refractivity contribution is -0.149. The number of aliphatic hydroxyl groups is 1. The van der Waals surface area contributed by atoms with Gasteiger partial charge in [-0.25, -0.2) is 4.98 Å². The summed E-state index contributed by atoms with van der Waals surface area (Å²) in [5.41, 5.74) is 1.42. The van der Waals surface area contributed by atoms with Crippen LogP contribution in [0.2, 0.25) is 0 Å². The molecule has 1 aromatic carbocycles. The predicted molar refractivity (Wildman–Crippen MR) is 137 cm³/mol. The summed E-state index contributed by atoms with van der Waals surface area (Å²) >= 11 is 0. The van der Waals surface area contributed by atoms with Gasteiger partial charge in [0.05, 0.1) is 38.9 Å². The van der Waals surface area contributed by atoms with Gasteiger partial charge in [-0.2, -0.15) is 0 Å². The zero-order chi connectivity index (χ0) is 26.3. The molecule has 0 spiro atoms. The molecule has 5 rings (SSSR count). The van der Waals surface area contributed by atoms with Crippen molar-refractivity contribution in [3.8, 4) is 18.2 Å². The maximum Gasteiger partial charge on any atom is 0.306 e. The molecule has 1 aromatic heterocycles. The Bertz CT molecular complexity index is 1120. The number of aromatic nitrogens is 1. The van der Waals surface area contributed by atoms with Crippen molar-refractivity contribution < 1.29 is 28.9 Å². The van der Waals surface area contributed by atoms with Gasteiger partial charge in [-0.3, -0.25) is 14.5 Å². The third-order valence-corrected chi connectivity index (χ3v) is 7.25. The number of methoxy groups -OCH3 is 1. The van der Waals surface area contributed by atoms with Crippen molar-refractivity contribution in [2.45, 2.75) is 50.2 Å². The number of ether oxygens (including phenoxy) is 3. The monoisotopic (exact) mass is 506 g/mol. The van der Waals surface area contributed by atoms with E-state index in [1.807, 2.05) is 36.4 Å². The molecule has 0 radical (unpaired) electrons. The van der Waals surface area contributed by atoms with Crippen molar-refractivity contribution >= 4 is 11.9 Å². The van der Waals surface area contributed by atoms with E-state index in [4.69, 9.17) is 20.9 Å². The third-order valence-electron chi connectivity index (χ3n) is 7.25. The number of fused-ring (bicyclic) bond motifs is 3. The number of nitrogens with zero attached hydrogens (tertiary/aromatic N) is 2. The first kappa shape index (κ1) is 26.6. The summed E-state index contributed by atoms with van der Waals surface area (Å²) in [6.45, 7) is 2.28. The summed E-state index contributed by atoms with van der Waals surface area (Å²) < 4.78 is 15.5. The largest absolute Gasteiger partial charge is 0.478 e. The van der Waals surface area contributed by atoms with Crippen molar-refractivity contribution in [2.24, 2.45) is 5.92 Å². The Morgan fingerprint density at radius 3 is 2.54 bits per heavy atom. The van der Waals surface area contributed by atoms with Crippen molar-refractivity contribution in [2.75, 3.05) is 33.4 Å². The minimum atomic E-state index is -1.17. The van der Waals surface area contributed by atoms with Crippen LogP contribution in [0.3, 0.4) is 0 Å². The highest BCUT2D eigenvalue weighted by atomic mass is 16.5. The van der Waals surface area contributed by atoms with E-state index < -0.39 is 23.6 Å². The highest BCUT2D eigenvalue weighted by Gasteiger charge is 2.54. The molecular weight excluding hydrogens is 472 g/mol. The van der Waals surface area contributed by atoms with E-state index in [0.29, 0.717) is 25.3 Å². The lowest BCUT2D eigenvalue weighted by Crippen LogP contribution is -2.63. The molecule has 3 fully saturated rings. The minimum Gasteiger partial charge on any atom is -0.478 e. The quantitative estimate of drug-likeness (QED) is 0.282. The topological polar surface area (TPSA) is 98.2 Å². The number of pyridine rings is 1. The van der Waals surface area contributed by atoms with Gasteiger partial charge in [0.2, 0.25) is 5.88 Å². The maximum atomic E-state index is 12.1. The fourth-order valence-corrected chi connectivity index (χ4v) is 5.35. The summed E-state index contributed by atoms with van der Waals surface area (Å²) in [5.74, 6) is 2.48. The molecule has 8 heteroatoms. The highest BCUT2D eigenvalue weighted by Crippen LogP contribution is 2.47. The summed E-state index contributed by atoms with van der Waals surface area (Å²) in [5, 5.41) is 12.1. The van der Waals surface area contributed by atoms with Crippen molar-refractivity contribution in [3.05, 3.63) is 59.3 Å². The number of terminal acetylenes is 1. The minimum absolute atomic E-state index is 0.00219. The van der Waals surface area contributed by atoms with Crippen LogP contribution in [0.25, 0.3) is 0 Å². The van der Waals surface area contributed by atoms with Crippen LogP contribution in [-0.2, 0) is 31.1 Å². The number of rotatable bonds is 11. The fraction of sp³-hybridized carbons (Fsp3) is 0.483. The van der Waals surface area contributed by atoms with Crippen LogP contribution in [0, 0.1) is 18.3 Å². The van der Waals surface area contributed by atoms with E-state index >= 15 is 0 Å². The maximum absolute atomic E-state index is 12.1. The average molecular weight is 507 g/mol. The summed E-state index contributed by atoms with van der Waals surface area (Å²) in [6.07, 6.45) is 8.73. The molecular formula is C29H34N2O6. The lowest BCUT2D eigenvalue weighted by atomic mass is 9.66. The van der Waals surface area contributed by atoms with Gasteiger partial charge in [-0.05, 0) is 43.5 Å². The van der Waals surface area contributed by atoms with E-state index in [9.17, 15) is 14.7 Å². The number of carbonyl (C=O) groups is 2. The van der Waals surface area contributed by atoms with Crippen LogP contribution in [0.15, 0.2) is 42.5 Å². The molecule has 4 heterocycles. The predicted octanol–water partition coefficient (Wildman–Crippen LogP) is 2.85. The normalized spacial score (nSPS) is 24.2. The van der Waals surface area contributed by atoms with E-state index in [-0.39, 0.29) is 25.4 Å². The standard InChI is InChI=1S/C29H34N2O6/c1-3-25-29(34,22-14-16-31(25)17-15-22)23-10-11-26(30-24(23)20-21-8-5-4-6-9-21)36-18-7-19-37-28(33)13-12-27(32)35-2/h1,4-6,8-11,22,25,34H,7,12-20H2,2H3. The first-order chi connectivity index (χ1) is 18.0. The number of piperidine rings is 3. The molecule has 0 amide bonds. The SMILES string of the molecule is C#CC1N2CCC(CC2)C1(O)c1ccc(OCCCOC(=O)CCC(=O)OC)nc1Cc1ccccc1. The molecule has 1 N–H and O–H groups in total. The second-order valence-corrected chi connectivity index (χ2v) is 9.51. The second kappa shape index (κ2) is 12.2. The molecule has 2 unspecified atom stereocenters. The molecule has 0 aliphatic carbocycles. The van der Waals surface area contributed by atoms with Gasteiger partial charge in [0.25, 0.3) is 0 Å². The van der Waals surface area contributed by atoms with Crippen LogP contribution < -0.4 is 4.74 Å².